The number of halogens is 1. The number of aryl methyl sites for hydroxylation is 2. The molecular weight excluding hydrogens is 374 g/mol. The fourth-order valence-corrected chi connectivity index (χ4v) is 2.85. The highest BCUT2D eigenvalue weighted by atomic mass is 35.5. The summed E-state index contributed by atoms with van der Waals surface area (Å²) in [5.74, 6) is -0.740. The van der Waals surface area contributed by atoms with E-state index >= 15 is 0 Å². The average molecular weight is 394 g/mol. The van der Waals surface area contributed by atoms with Crippen molar-refractivity contribution >= 4 is 29.1 Å². The lowest BCUT2D eigenvalue weighted by atomic mass is 10.1. The first kappa shape index (κ1) is 19.6. The third-order valence-electron chi connectivity index (χ3n) is 4.36. The first-order valence-corrected chi connectivity index (χ1v) is 9.19. The lowest BCUT2D eigenvalue weighted by Crippen LogP contribution is -2.25. The summed E-state index contributed by atoms with van der Waals surface area (Å²) < 4.78 is 0. The van der Waals surface area contributed by atoms with Gasteiger partial charge in [0.25, 0.3) is 11.8 Å². The Morgan fingerprint density at radius 3 is 2.36 bits per heavy atom. The lowest BCUT2D eigenvalue weighted by molar-refractivity contribution is 0.0945. The van der Waals surface area contributed by atoms with Crippen LogP contribution < -0.4 is 10.6 Å². The van der Waals surface area contributed by atoms with Crippen molar-refractivity contribution in [2.75, 3.05) is 5.32 Å². The van der Waals surface area contributed by atoms with E-state index in [0.717, 1.165) is 16.7 Å². The minimum atomic E-state index is -0.404. The molecule has 28 heavy (non-hydrogen) atoms. The number of rotatable bonds is 5. The highest BCUT2D eigenvalue weighted by Gasteiger charge is 2.14. The Hall–Kier alpha value is -3.18. The number of amides is 2. The van der Waals surface area contributed by atoms with Gasteiger partial charge in [-0.2, -0.15) is 0 Å². The molecule has 0 saturated carbocycles. The van der Waals surface area contributed by atoms with Gasteiger partial charge in [-0.05, 0) is 54.8 Å². The summed E-state index contributed by atoms with van der Waals surface area (Å²) in [4.78, 5) is 29.2. The van der Waals surface area contributed by atoms with Gasteiger partial charge >= 0.3 is 0 Å². The number of carbonyl (C=O) groups excluding carboxylic acids is 2. The topological polar surface area (TPSA) is 71.1 Å². The van der Waals surface area contributed by atoms with E-state index in [1.54, 1.807) is 30.3 Å². The summed E-state index contributed by atoms with van der Waals surface area (Å²) in [5, 5.41) is 6.15. The van der Waals surface area contributed by atoms with Crippen molar-refractivity contribution in [3.05, 3.63) is 93.8 Å². The van der Waals surface area contributed by atoms with Crippen molar-refractivity contribution in [2.45, 2.75) is 20.4 Å². The maximum Gasteiger partial charge on any atom is 0.274 e. The Balaban J connectivity index is 1.70. The van der Waals surface area contributed by atoms with Gasteiger partial charge in [0.1, 0.15) is 11.4 Å². The Morgan fingerprint density at radius 1 is 0.893 bits per heavy atom. The zero-order valence-electron chi connectivity index (χ0n) is 15.6. The predicted octanol–water partition coefficient (Wildman–Crippen LogP) is 4.53. The van der Waals surface area contributed by atoms with Gasteiger partial charge in [0, 0.05) is 17.3 Å². The monoisotopic (exact) mass is 393 g/mol. The highest BCUT2D eigenvalue weighted by Crippen LogP contribution is 2.20. The molecule has 1 aromatic heterocycles. The number of pyridine rings is 1. The highest BCUT2D eigenvalue weighted by molar-refractivity contribution is 6.31. The second kappa shape index (κ2) is 8.67. The van der Waals surface area contributed by atoms with E-state index in [2.05, 4.69) is 15.6 Å². The Morgan fingerprint density at radius 2 is 1.61 bits per heavy atom. The minimum Gasteiger partial charge on any atom is -0.347 e. The normalized spacial score (nSPS) is 10.4. The Labute approximate surface area is 168 Å². The number of anilines is 1. The van der Waals surface area contributed by atoms with Crippen molar-refractivity contribution in [3.8, 4) is 0 Å². The van der Waals surface area contributed by atoms with Crippen LogP contribution in [-0.2, 0) is 6.54 Å². The van der Waals surface area contributed by atoms with Gasteiger partial charge < -0.3 is 10.6 Å². The van der Waals surface area contributed by atoms with Gasteiger partial charge in [-0.3, -0.25) is 9.59 Å². The number of benzene rings is 2. The van der Waals surface area contributed by atoms with Crippen LogP contribution in [-0.4, -0.2) is 16.8 Å². The molecule has 3 rings (SSSR count). The smallest absolute Gasteiger partial charge is 0.274 e. The molecule has 6 heteroatoms. The van der Waals surface area contributed by atoms with Crippen LogP contribution in [0.25, 0.3) is 0 Å². The third-order valence-corrected chi connectivity index (χ3v) is 4.60. The summed E-state index contributed by atoms with van der Waals surface area (Å²) in [7, 11) is 0. The van der Waals surface area contributed by atoms with E-state index in [1.165, 1.54) is 0 Å². The lowest BCUT2D eigenvalue weighted by Gasteiger charge is -2.10. The fraction of sp³-hybridized carbons (Fsp3) is 0.136. The van der Waals surface area contributed by atoms with Gasteiger partial charge in [-0.15, -0.1) is 0 Å². The largest absolute Gasteiger partial charge is 0.347 e. The Kier molecular flexibility index (Phi) is 6.06. The molecule has 0 fully saturated rings. The molecule has 0 aliphatic carbocycles. The van der Waals surface area contributed by atoms with Crippen LogP contribution in [0, 0.1) is 13.8 Å². The van der Waals surface area contributed by atoms with Crippen molar-refractivity contribution in [1.82, 2.24) is 10.3 Å². The molecule has 0 saturated heterocycles. The molecule has 5 nitrogen and oxygen atoms in total. The van der Waals surface area contributed by atoms with E-state index in [4.69, 9.17) is 11.6 Å². The standard InChI is InChI=1S/C22H20ClN3O2/c1-14-6-3-4-7-16(14)13-24-21(27)18-8-5-9-19(25-18)22(28)26-20-12-17(23)11-10-15(20)2/h3-12H,13H2,1-2H3,(H,24,27)(H,26,28). The number of carbonyl (C=O) groups is 2. The zero-order chi connectivity index (χ0) is 20.1. The number of hydrogen-bond donors (Lipinski definition) is 2. The molecule has 0 aliphatic rings. The molecule has 142 valence electrons. The van der Waals surface area contributed by atoms with Crippen LogP contribution in [0.5, 0.6) is 0 Å². The molecular formula is C22H20ClN3O2. The molecule has 3 aromatic rings. The van der Waals surface area contributed by atoms with E-state index in [1.807, 2.05) is 44.2 Å². The fourth-order valence-electron chi connectivity index (χ4n) is 2.68. The van der Waals surface area contributed by atoms with Crippen LogP contribution in [0.2, 0.25) is 5.02 Å². The number of nitrogens with one attached hydrogen (secondary N) is 2. The van der Waals surface area contributed by atoms with Crippen LogP contribution in [0.15, 0.2) is 60.7 Å². The first-order chi connectivity index (χ1) is 13.4. The summed E-state index contributed by atoms with van der Waals surface area (Å²) in [6.45, 7) is 4.25. The van der Waals surface area contributed by atoms with E-state index < -0.39 is 5.91 Å². The maximum absolute atomic E-state index is 12.5. The average Bonchev–Trinajstić information content (AvgIpc) is 2.70. The van der Waals surface area contributed by atoms with E-state index in [0.29, 0.717) is 17.3 Å². The molecule has 0 radical (unpaired) electrons. The van der Waals surface area contributed by atoms with E-state index in [-0.39, 0.29) is 17.3 Å². The van der Waals surface area contributed by atoms with Gasteiger partial charge in [0.15, 0.2) is 0 Å². The maximum atomic E-state index is 12.5. The molecule has 2 aromatic carbocycles. The quantitative estimate of drug-likeness (QED) is 0.668. The summed E-state index contributed by atoms with van der Waals surface area (Å²) >= 11 is 5.99. The van der Waals surface area contributed by atoms with Crippen LogP contribution >= 0.6 is 11.6 Å². The summed E-state index contributed by atoms with van der Waals surface area (Å²) in [5.41, 5.74) is 3.95. The van der Waals surface area contributed by atoms with Gasteiger partial charge in [-0.25, -0.2) is 4.98 Å². The van der Waals surface area contributed by atoms with Crippen molar-refractivity contribution in [1.29, 1.82) is 0 Å². The molecule has 0 unspecified atom stereocenters. The molecule has 0 bridgehead atoms. The number of nitrogens with zero attached hydrogens (tertiary/aromatic N) is 1. The molecule has 0 spiro atoms. The number of hydrogen-bond acceptors (Lipinski definition) is 3. The second-order valence-corrected chi connectivity index (χ2v) is 6.87. The molecule has 0 aliphatic heterocycles. The van der Waals surface area contributed by atoms with Gasteiger partial charge in [-0.1, -0.05) is 48.0 Å². The molecule has 1 heterocycles. The molecule has 2 amide bonds. The van der Waals surface area contributed by atoms with Crippen molar-refractivity contribution in [2.24, 2.45) is 0 Å². The Bertz CT molecular complexity index is 1030. The predicted molar refractivity (Wildman–Crippen MR) is 111 cm³/mol. The van der Waals surface area contributed by atoms with Crippen molar-refractivity contribution < 1.29 is 9.59 Å². The number of aromatic nitrogens is 1. The SMILES string of the molecule is Cc1ccccc1CNC(=O)c1cccc(C(=O)Nc2cc(Cl)ccc2C)n1. The first-order valence-electron chi connectivity index (χ1n) is 8.81. The van der Waals surface area contributed by atoms with Crippen LogP contribution in [0.1, 0.15) is 37.7 Å². The second-order valence-electron chi connectivity index (χ2n) is 6.43. The van der Waals surface area contributed by atoms with Gasteiger partial charge in [0.2, 0.25) is 0 Å². The van der Waals surface area contributed by atoms with Crippen LogP contribution in [0.4, 0.5) is 5.69 Å². The van der Waals surface area contributed by atoms with E-state index in [9.17, 15) is 9.59 Å². The summed E-state index contributed by atoms with van der Waals surface area (Å²) in [6.07, 6.45) is 0. The zero-order valence-corrected chi connectivity index (χ0v) is 16.4. The summed E-state index contributed by atoms with van der Waals surface area (Å²) in [6, 6.07) is 17.8. The minimum absolute atomic E-state index is 0.155. The van der Waals surface area contributed by atoms with Gasteiger partial charge in [0.05, 0.1) is 0 Å². The molecule has 0 atom stereocenters. The van der Waals surface area contributed by atoms with Crippen molar-refractivity contribution in [3.63, 3.8) is 0 Å². The molecule has 2 N–H and O–H groups in total. The third kappa shape index (κ3) is 4.75. The van der Waals surface area contributed by atoms with Crippen LogP contribution in [0.3, 0.4) is 0 Å².